The lowest BCUT2D eigenvalue weighted by molar-refractivity contribution is 0.0168. The van der Waals surface area contributed by atoms with E-state index in [1.165, 1.54) is 0 Å². The number of hydrogen-bond acceptors (Lipinski definition) is 4. The van der Waals surface area contributed by atoms with Gasteiger partial charge in [0.1, 0.15) is 5.75 Å². The Labute approximate surface area is 163 Å². The van der Waals surface area contributed by atoms with Crippen LogP contribution in [-0.4, -0.2) is 52.1 Å². The van der Waals surface area contributed by atoms with E-state index < -0.39 is 0 Å². The molecule has 1 saturated heterocycles. The van der Waals surface area contributed by atoms with E-state index in [1.807, 2.05) is 18.2 Å². The van der Waals surface area contributed by atoms with Gasteiger partial charge < -0.3 is 24.8 Å². The molecule has 0 spiro atoms. The van der Waals surface area contributed by atoms with Crippen molar-refractivity contribution in [3.8, 4) is 5.75 Å². The zero-order valence-corrected chi connectivity index (χ0v) is 17.0. The molecule has 27 heavy (non-hydrogen) atoms. The van der Waals surface area contributed by atoms with E-state index in [0.29, 0.717) is 25.2 Å². The van der Waals surface area contributed by atoms with Crippen LogP contribution in [0.2, 0.25) is 0 Å². The molecule has 0 aliphatic carbocycles. The quantitative estimate of drug-likeness (QED) is 0.353. The molecule has 0 bridgehead atoms. The molecule has 2 N–H and O–H groups in total. The summed E-state index contributed by atoms with van der Waals surface area (Å²) in [5, 5.41) is 6.67. The average molecular weight is 378 g/mol. The van der Waals surface area contributed by atoms with Gasteiger partial charge in [-0.05, 0) is 31.2 Å². The van der Waals surface area contributed by atoms with Crippen molar-refractivity contribution in [2.45, 2.75) is 45.8 Å². The third-order valence-corrected chi connectivity index (χ3v) is 4.30. The summed E-state index contributed by atoms with van der Waals surface area (Å²) in [7, 11) is 1.78. The lowest BCUT2D eigenvalue weighted by atomic mass is 10.2. The highest BCUT2D eigenvalue weighted by Gasteiger charge is 2.14. The smallest absolute Gasteiger partial charge is 0.191 e. The summed E-state index contributed by atoms with van der Waals surface area (Å²) in [6.07, 6.45) is 3.51. The fourth-order valence-electron chi connectivity index (χ4n) is 2.82. The molecule has 1 atom stereocenters. The Morgan fingerprint density at radius 3 is 2.89 bits per heavy atom. The molecule has 1 aromatic carbocycles. The second-order valence-corrected chi connectivity index (χ2v) is 7.23. The molecule has 6 heteroatoms. The lowest BCUT2D eigenvalue weighted by Gasteiger charge is -2.16. The van der Waals surface area contributed by atoms with Crippen molar-refractivity contribution >= 4 is 5.96 Å². The van der Waals surface area contributed by atoms with E-state index in [-0.39, 0.29) is 0 Å². The maximum Gasteiger partial charge on any atom is 0.191 e. The Morgan fingerprint density at radius 1 is 1.30 bits per heavy atom. The van der Waals surface area contributed by atoms with Crippen LogP contribution in [0.5, 0.6) is 5.75 Å². The minimum Gasteiger partial charge on any atom is -0.493 e. The number of nitrogens with one attached hydrogen (secondary N) is 2. The molecule has 0 radical (unpaired) electrons. The van der Waals surface area contributed by atoms with Gasteiger partial charge in [-0.25, -0.2) is 0 Å². The van der Waals surface area contributed by atoms with Gasteiger partial charge in [0, 0.05) is 38.9 Å². The SMILES string of the molecule is CN=C(NCCCOCC1CCCO1)NCc1ccccc1OCC(C)C. The first-order valence-electron chi connectivity index (χ1n) is 10.0. The maximum absolute atomic E-state index is 5.91. The van der Waals surface area contributed by atoms with E-state index in [2.05, 4.69) is 35.5 Å². The second-order valence-electron chi connectivity index (χ2n) is 7.23. The fourth-order valence-corrected chi connectivity index (χ4v) is 2.82. The molecule has 6 nitrogen and oxygen atoms in total. The summed E-state index contributed by atoms with van der Waals surface area (Å²) in [6.45, 7) is 8.82. The monoisotopic (exact) mass is 377 g/mol. The highest BCUT2D eigenvalue weighted by molar-refractivity contribution is 5.79. The standard InChI is InChI=1S/C21H35N3O3/c1-17(2)15-27-20-10-5-4-8-18(20)14-24-21(22-3)23-11-7-12-25-16-19-9-6-13-26-19/h4-5,8,10,17,19H,6-7,9,11-16H2,1-3H3,(H2,22,23,24). The van der Waals surface area contributed by atoms with Crippen LogP contribution in [0.15, 0.2) is 29.3 Å². The zero-order valence-electron chi connectivity index (χ0n) is 17.0. The van der Waals surface area contributed by atoms with Crippen LogP contribution in [-0.2, 0) is 16.0 Å². The van der Waals surface area contributed by atoms with Crippen LogP contribution in [0.3, 0.4) is 0 Å². The number of nitrogens with zero attached hydrogens (tertiary/aromatic N) is 1. The van der Waals surface area contributed by atoms with E-state index in [0.717, 1.165) is 62.9 Å². The number of aliphatic imine (C=N–C) groups is 1. The van der Waals surface area contributed by atoms with Crippen molar-refractivity contribution in [1.82, 2.24) is 10.6 Å². The van der Waals surface area contributed by atoms with Crippen LogP contribution in [0.1, 0.15) is 38.7 Å². The van der Waals surface area contributed by atoms with Gasteiger partial charge in [-0.3, -0.25) is 4.99 Å². The lowest BCUT2D eigenvalue weighted by Crippen LogP contribution is -2.37. The summed E-state index contributed by atoms with van der Waals surface area (Å²) >= 11 is 0. The van der Waals surface area contributed by atoms with Gasteiger partial charge >= 0.3 is 0 Å². The Balaban J connectivity index is 1.63. The average Bonchev–Trinajstić information content (AvgIpc) is 3.19. The summed E-state index contributed by atoms with van der Waals surface area (Å²) < 4.78 is 17.1. The minimum atomic E-state index is 0.297. The Bertz CT molecular complexity index is 557. The largest absolute Gasteiger partial charge is 0.493 e. The highest BCUT2D eigenvalue weighted by atomic mass is 16.5. The molecule has 0 aromatic heterocycles. The molecular weight excluding hydrogens is 342 g/mol. The molecule has 0 amide bonds. The van der Waals surface area contributed by atoms with Crippen LogP contribution >= 0.6 is 0 Å². The number of ether oxygens (including phenoxy) is 3. The van der Waals surface area contributed by atoms with E-state index in [4.69, 9.17) is 14.2 Å². The van der Waals surface area contributed by atoms with E-state index in [1.54, 1.807) is 7.05 Å². The highest BCUT2D eigenvalue weighted by Crippen LogP contribution is 2.18. The number of benzene rings is 1. The number of hydrogen-bond donors (Lipinski definition) is 2. The fraction of sp³-hybridized carbons (Fsp3) is 0.667. The van der Waals surface area contributed by atoms with E-state index in [9.17, 15) is 0 Å². The van der Waals surface area contributed by atoms with Crippen molar-refractivity contribution in [3.05, 3.63) is 29.8 Å². The Morgan fingerprint density at radius 2 is 2.15 bits per heavy atom. The molecule has 1 heterocycles. The molecule has 1 unspecified atom stereocenters. The predicted octanol–water partition coefficient (Wildman–Crippen LogP) is 2.97. The maximum atomic E-state index is 5.91. The van der Waals surface area contributed by atoms with Crippen LogP contribution in [0.25, 0.3) is 0 Å². The van der Waals surface area contributed by atoms with Gasteiger partial charge in [0.2, 0.25) is 0 Å². The predicted molar refractivity (Wildman–Crippen MR) is 109 cm³/mol. The summed E-state index contributed by atoms with van der Waals surface area (Å²) in [5.74, 6) is 2.22. The van der Waals surface area contributed by atoms with Gasteiger partial charge in [-0.15, -0.1) is 0 Å². The number of para-hydroxylation sites is 1. The molecule has 152 valence electrons. The van der Waals surface area contributed by atoms with Gasteiger partial charge in [-0.2, -0.15) is 0 Å². The number of guanidine groups is 1. The van der Waals surface area contributed by atoms with Gasteiger partial charge in [0.05, 0.1) is 19.3 Å². The molecular formula is C21H35N3O3. The van der Waals surface area contributed by atoms with Crippen LogP contribution < -0.4 is 15.4 Å². The number of rotatable bonds is 11. The normalized spacial score (nSPS) is 17.3. The van der Waals surface area contributed by atoms with Crippen LogP contribution in [0.4, 0.5) is 0 Å². The van der Waals surface area contributed by atoms with Gasteiger partial charge in [-0.1, -0.05) is 32.0 Å². The first-order chi connectivity index (χ1) is 13.2. The van der Waals surface area contributed by atoms with Crippen molar-refractivity contribution < 1.29 is 14.2 Å². The van der Waals surface area contributed by atoms with Gasteiger partial charge in [0.15, 0.2) is 5.96 Å². The Kier molecular flexibility index (Phi) is 10.0. The molecule has 1 aromatic rings. The third-order valence-electron chi connectivity index (χ3n) is 4.30. The second kappa shape index (κ2) is 12.6. The summed E-state index contributed by atoms with van der Waals surface area (Å²) in [5.41, 5.74) is 1.13. The van der Waals surface area contributed by atoms with Crippen LogP contribution in [0, 0.1) is 5.92 Å². The summed E-state index contributed by atoms with van der Waals surface area (Å²) in [6, 6.07) is 8.12. The first-order valence-corrected chi connectivity index (χ1v) is 10.0. The molecule has 0 saturated carbocycles. The zero-order chi connectivity index (χ0) is 19.3. The molecule has 2 rings (SSSR count). The van der Waals surface area contributed by atoms with E-state index >= 15 is 0 Å². The molecule has 1 aliphatic heterocycles. The van der Waals surface area contributed by atoms with Crippen molar-refractivity contribution in [3.63, 3.8) is 0 Å². The van der Waals surface area contributed by atoms with Crippen molar-refractivity contribution in [1.29, 1.82) is 0 Å². The summed E-state index contributed by atoms with van der Waals surface area (Å²) in [4.78, 5) is 4.28. The van der Waals surface area contributed by atoms with Crippen molar-refractivity contribution in [2.75, 3.05) is 40.0 Å². The van der Waals surface area contributed by atoms with Gasteiger partial charge in [0.25, 0.3) is 0 Å². The molecule has 1 aliphatic rings. The Hall–Kier alpha value is -1.79. The minimum absolute atomic E-state index is 0.297. The van der Waals surface area contributed by atoms with Crippen molar-refractivity contribution in [2.24, 2.45) is 10.9 Å². The topological polar surface area (TPSA) is 64.1 Å². The first kappa shape index (κ1) is 21.5. The molecule has 1 fully saturated rings. The third kappa shape index (κ3) is 8.63.